The first-order valence-corrected chi connectivity index (χ1v) is 13.4. The van der Waals surface area contributed by atoms with Crippen LogP contribution in [-0.4, -0.2) is 72.2 Å². The zero-order chi connectivity index (χ0) is 25.5. The minimum absolute atomic E-state index is 0.0597. The van der Waals surface area contributed by atoms with Crippen LogP contribution in [0, 0.1) is 0 Å². The first kappa shape index (κ1) is 25.8. The van der Waals surface area contributed by atoms with E-state index in [0.717, 1.165) is 21.8 Å². The van der Waals surface area contributed by atoms with E-state index in [4.69, 9.17) is 16.6 Å². The monoisotopic (exact) mass is 524 g/mol. The average molecular weight is 525 g/mol. The van der Waals surface area contributed by atoms with E-state index in [2.05, 4.69) is 20.5 Å². The van der Waals surface area contributed by atoms with Crippen LogP contribution in [0.15, 0.2) is 59.5 Å². The van der Waals surface area contributed by atoms with Crippen molar-refractivity contribution in [1.29, 1.82) is 0 Å². The fourth-order valence-corrected chi connectivity index (χ4v) is 4.69. The second-order valence-electron chi connectivity index (χ2n) is 8.33. The number of benzene rings is 2. The summed E-state index contributed by atoms with van der Waals surface area (Å²) in [5.74, 6) is 2.02. The molecular formula is C26H29ClN6O2S. The van der Waals surface area contributed by atoms with E-state index in [-0.39, 0.29) is 11.8 Å². The molecule has 0 unspecified atom stereocenters. The fraction of sp³-hybridized carbons (Fsp3) is 0.308. The van der Waals surface area contributed by atoms with Gasteiger partial charge in [-0.3, -0.25) is 9.59 Å². The van der Waals surface area contributed by atoms with Crippen molar-refractivity contribution in [3.8, 4) is 11.4 Å². The highest BCUT2D eigenvalue weighted by atomic mass is 35.5. The molecule has 4 rings (SSSR count). The van der Waals surface area contributed by atoms with E-state index in [1.165, 1.54) is 6.92 Å². The van der Waals surface area contributed by atoms with Crippen LogP contribution < -0.4 is 15.5 Å². The molecule has 8 nitrogen and oxygen atoms in total. The van der Waals surface area contributed by atoms with E-state index >= 15 is 0 Å². The summed E-state index contributed by atoms with van der Waals surface area (Å²) < 4.78 is 0. The van der Waals surface area contributed by atoms with Crippen molar-refractivity contribution in [1.82, 2.24) is 20.2 Å². The number of nitrogens with zero attached hydrogens (tertiary/aromatic N) is 4. The number of hydrogen-bond acceptors (Lipinski definition) is 7. The quantitative estimate of drug-likeness (QED) is 0.339. The molecule has 10 heteroatoms. The van der Waals surface area contributed by atoms with Crippen molar-refractivity contribution in [2.24, 2.45) is 0 Å². The highest BCUT2D eigenvalue weighted by molar-refractivity contribution is 7.98. The van der Waals surface area contributed by atoms with Gasteiger partial charge in [0, 0.05) is 67.7 Å². The van der Waals surface area contributed by atoms with Gasteiger partial charge in [0.15, 0.2) is 5.82 Å². The van der Waals surface area contributed by atoms with Crippen molar-refractivity contribution in [2.75, 3.05) is 55.7 Å². The second kappa shape index (κ2) is 12.1. The van der Waals surface area contributed by atoms with Gasteiger partial charge in [-0.25, -0.2) is 9.97 Å². The normalized spacial score (nSPS) is 13.4. The predicted octanol–water partition coefficient (Wildman–Crippen LogP) is 4.03. The van der Waals surface area contributed by atoms with E-state index < -0.39 is 0 Å². The molecule has 2 aromatic carbocycles. The third-order valence-corrected chi connectivity index (χ3v) is 6.90. The Morgan fingerprint density at radius 2 is 1.72 bits per heavy atom. The number of anilines is 2. The number of thioether (sulfide) groups is 1. The summed E-state index contributed by atoms with van der Waals surface area (Å²) in [5, 5.41) is 6.70. The zero-order valence-corrected chi connectivity index (χ0v) is 21.9. The average Bonchev–Trinajstić information content (AvgIpc) is 2.91. The lowest BCUT2D eigenvalue weighted by molar-refractivity contribution is -0.118. The van der Waals surface area contributed by atoms with Crippen LogP contribution in [0.2, 0.25) is 5.02 Å². The number of hydrogen-bond donors (Lipinski definition) is 2. The lowest BCUT2D eigenvalue weighted by Crippen LogP contribution is -2.49. The number of carbonyl (C=O) groups is 2. The van der Waals surface area contributed by atoms with Crippen LogP contribution >= 0.6 is 23.4 Å². The van der Waals surface area contributed by atoms with Gasteiger partial charge >= 0.3 is 0 Å². The van der Waals surface area contributed by atoms with Crippen molar-refractivity contribution in [2.45, 2.75) is 11.8 Å². The summed E-state index contributed by atoms with van der Waals surface area (Å²) in [4.78, 5) is 38.9. The Morgan fingerprint density at radius 3 is 2.42 bits per heavy atom. The van der Waals surface area contributed by atoms with Crippen molar-refractivity contribution < 1.29 is 9.59 Å². The van der Waals surface area contributed by atoms with Crippen LogP contribution in [0.4, 0.5) is 11.6 Å². The molecule has 2 amide bonds. The maximum Gasteiger partial charge on any atom is 0.255 e. The van der Waals surface area contributed by atoms with Gasteiger partial charge in [-0.15, -0.1) is 11.8 Å². The van der Waals surface area contributed by atoms with Gasteiger partial charge in [-0.2, -0.15) is 0 Å². The Bertz CT molecular complexity index is 1220. The molecule has 1 fully saturated rings. The number of nitrogens with one attached hydrogen (secondary N) is 2. The number of aromatic nitrogens is 2. The molecule has 188 valence electrons. The zero-order valence-electron chi connectivity index (χ0n) is 20.3. The van der Waals surface area contributed by atoms with Crippen LogP contribution in [0.25, 0.3) is 11.4 Å². The third kappa shape index (κ3) is 6.47. The first-order chi connectivity index (χ1) is 17.4. The molecule has 0 radical (unpaired) electrons. The van der Waals surface area contributed by atoms with Gasteiger partial charge in [0.05, 0.1) is 5.56 Å². The topological polar surface area (TPSA) is 90.5 Å². The van der Waals surface area contributed by atoms with Gasteiger partial charge < -0.3 is 20.4 Å². The van der Waals surface area contributed by atoms with Crippen LogP contribution in [-0.2, 0) is 4.79 Å². The largest absolute Gasteiger partial charge is 0.368 e. The number of piperazine rings is 1. The number of rotatable bonds is 8. The van der Waals surface area contributed by atoms with E-state index in [0.29, 0.717) is 55.9 Å². The molecule has 1 aliphatic heterocycles. The number of halogens is 1. The maximum atomic E-state index is 13.2. The molecule has 0 aliphatic carbocycles. The lowest BCUT2D eigenvalue weighted by atomic mass is 10.1. The molecule has 2 N–H and O–H groups in total. The van der Waals surface area contributed by atoms with Crippen LogP contribution in [0.1, 0.15) is 17.3 Å². The van der Waals surface area contributed by atoms with E-state index in [1.807, 2.05) is 65.8 Å². The Labute approximate surface area is 220 Å². The predicted molar refractivity (Wildman–Crippen MR) is 146 cm³/mol. The summed E-state index contributed by atoms with van der Waals surface area (Å²) in [6.45, 7) is 5.05. The number of amides is 2. The molecule has 0 atom stereocenters. The van der Waals surface area contributed by atoms with Crippen molar-refractivity contribution in [3.05, 3.63) is 65.2 Å². The highest BCUT2D eigenvalue weighted by Crippen LogP contribution is 2.26. The summed E-state index contributed by atoms with van der Waals surface area (Å²) in [7, 11) is 0. The minimum atomic E-state index is -0.0744. The summed E-state index contributed by atoms with van der Waals surface area (Å²) in [6.07, 6.45) is 1.99. The standard InChI is InChI=1S/C26H29ClN6O2S/c1-18(34)28-11-12-29-23-17-24(31-25(30-23)19-7-9-20(27)10-8-19)32-13-15-33(16-14-32)26(35)21-5-3-4-6-22(21)36-2/h3-10,17H,11-16H2,1-2H3,(H,28,34)(H,29,30,31). The van der Waals surface area contributed by atoms with E-state index in [9.17, 15) is 9.59 Å². The smallest absolute Gasteiger partial charge is 0.255 e. The van der Waals surface area contributed by atoms with Crippen molar-refractivity contribution in [3.63, 3.8) is 0 Å². The second-order valence-corrected chi connectivity index (χ2v) is 9.62. The minimum Gasteiger partial charge on any atom is -0.368 e. The molecule has 1 aliphatic rings. The summed E-state index contributed by atoms with van der Waals surface area (Å²) >= 11 is 7.65. The molecule has 2 heterocycles. The molecule has 36 heavy (non-hydrogen) atoms. The SMILES string of the molecule is CSc1ccccc1C(=O)N1CCN(c2cc(NCCNC(C)=O)nc(-c3ccc(Cl)cc3)n2)CC1. The molecule has 0 bridgehead atoms. The Balaban J connectivity index is 1.50. The Hall–Kier alpha value is -3.30. The molecule has 1 aromatic heterocycles. The summed E-state index contributed by atoms with van der Waals surface area (Å²) in [6, 6.07) is 17.0. The van der Waals surface area contributed by atoms with Gasteiger partial charge in [0.25, 0.3) is 5.91 Å². The Morgan fingerprint density at radius 1 is 1.00 bits per heavy atom. The lowest BCUT2D eigenvalue weighted by Gasteiger charge is -2.36. The van der Waals surface area contributed by atoms with E-state index in [1.54, 1.807) is 11.8 Å². The first-order valence-electron chi connectivity index (χ1n) is 11.7. The van der Waals surface area contributed by atoms with Gasteiger partial charge in [0.1, 0.15) is 11.6 Å². The molecule has 0 spiro atoms. The number of carbonyl (C=O) groups excluding carboxylic acids is 2. The summed E-state index contributed by atoms with van der Waals surface area (Å²) in [5.41, 5.74) is 1.60. The molecular weight excluding hydrogens is 496 g/mol. The molecule has 0 saturated carbocycles. The van der Waals surface area contributed by atoms with Crippen LogP contribution in [0.5, 0.6) is 0 Å². The Kier molecular flexibility index (Phi) is 8.66. The maximum absolute atomic E-state index is 13.2. The third-order valence-electron chi connectivity index (χ3n) is 5.85. The van der Waals surface area contributed by atoms with Gasteiger partial charge in [-0.1, -0.05) is 23.7 Å². The molecule has 1 saturated heterocycles. The van der Waals surface area contributed by atoms with Gasteiger partial charge in [-0.05, 0) is 42.7 Å². The fourth-order valence-electron chi connectivity index (χ4n) is 3.97. The van der Waals surface area contributed by atoms with Gasteiger partial charge in [0.2, 0.25) is 5.91 Å². The molecule has 3 aromatic rings. The highest BCUT2D eigenvalue weighted by Gasteiger charge is 2.25. The van der Waals surface area contributed by atoms with Crippen LogP contribution in [0.3, 0.4) is 0 Å². The van der Waals surface area contributed by atoms with Crippen molar-refractivity contribution >= 4 is 46.8 Å².